The van der Waals surface area contributed by atoms with Crippen LogP contribution in [0.1, 0.15) is 30.7 Å². The van der Waals surface area contributed by atoms with Crippen molar-refractivity contribution < 1.29 is 14.0 Å². The molecular weight excluding hydrogens is 462 g/mol. The number of likely N-dealkylation sites (N-methyl/N-ethyl adjacent to an activating group) is 1. The molecule has 0 radical (unpaired) electrons. The lowest BCUT2D eigenvalue weighted by Gasteiger charge is -2.34. The molecule has 1 saturated carbocycles. The van der Waals surface area contributed by atoms with Gasteiger partial charge in [0.05, 0.1) is 5.69 Å². The van der Waals surface area contributed by atoms with Gasteiger partial charge in [-0.25, -0.2) is 14.1 Å². The average molecular weight is 483 g/mol. The number of halogens is 3. The van der Waals surface area contributed by atoms with Crippen molar-refractivity contribution in [2.24, 2.45) is 0 Å². The molecule has 2 atom stereocenters. The van der Waals surface area contributed by atoms with Crippen LogP contribution in [0.15, 0.2) is 66.7 Å². The van der Waals surface area contributed by atoms with E-state index in [-0.39, 0.29) is 23.7 Å². The summed E-state index contributed by atoms with van der Waals surface area (Å²) >= 11 is 12.3. The monoisotopic (exact) mass is 482 g/mol. The molecule has 0 N–H and O–H groups in total. The lowest BCUT2D eigenvalue weighted by molar-refractivity contribution is -0.125. The Bertz CT molecular complexity index is 1230. The third kappa shape index (κ3) is 3.51. The highest BCUT2D eigenvalue weighted by atomic mass is 35.5. The van der Waals surface area contributed by atoms with Crippen LogP contribution in [-0.2, 0) is 4.79 Å². The number of imide groups is 1. The maximum absolute atomic E-state index is 13.8. The molecule has 1 saturated heterocycles. The number of benzene rings is 3. The largest absolute Gasteiger partial charge is 0.332 e. The van der Waals surface area contributed by atoms with Gasteiger partial charge in [-0.05, 0) is 66.3 Å². The summed E-state index contributed by atoms with van der Waals surface area (Å²) in [5.74, 6) is -0.666. The first kappa shape index (κ1) is 21.9. The zero-order valence-electron chi connectivity index (χ0n) is 17.9. The van der Waals surface area contributed by atoms with Gasteiger partial charge in [0.1, 0.15) is 11.4 Å². The van der Waals surface area contributed by atoms with Crippen molar-refractivity contribution in [2.75, 3.05) is 11.9 Å². The van der Waals surface area contributed by atoms with Gasteiger partial charge in [0.15, 0.2) is 0 Å². The summed E-state index contributed by atoms with van der Waals surface area (Å²) in [5.41, 5.74) is 2.30. The average Bonchev–Trinajstić information content (AvgIpc) is 3.31. The van der Waals surface area contributed by atoms with Gasteiger partial charge in [-0.15, -0.1) is 0 Å². The van der Waals surface area contributed by atoms with Crippen LogP contribution in [0.3, 0.4) is 0 Å². The van der Waals surface area contributed by atoms with Crippen molar-refractivity contribution in [1.82, 2.24) is 4.90 Å². The van der Waals surface area contributed by atoms with Gasteiger partial charge in [0.2, 0.25) is 0 Å². The van der Waals surface area contributed by atoms with E-state index < -0.39 is 5.54 Å². The van der Waals surface area contributed by atoms with E-state index in [1.54, 1.807) is 42.3 Å². The third-order valence-corrected chi connectivity index (χ3v) is 7.31. The predicted molar refractivity (Wildman–Crippen MR) is 128 cm³/mol. The molecule has 3 aromatic rings. The van der Waals surface area contributed by atoms with Gasteiger partial charge in [0, 0.05) is 23.0 Å². The molecular formula is C26H21Cl2FN2O2. The molecule has 1 aliphatic carbocycles. The van der Waals surface area contributed by atoms with Crippen molar-refractivity contribution >= 4 is 40.8 Å². The molecule has 168 valence electrons. The van der Waals surface area contributed by atoms with Crippen LogP contribution in [0.2, 0.25) is 10.0 Å². The number of urea groups is 1. The van der Waals surface area contributed by atoms with Crippen molar-refractivity contribution in [3.05, 3.63) is 88.2 Å². The standard InChI is InChI=1S/C26H21Cl2FN2O2/c1-30-25(33)31(22-14-19(27)13-20(28)15-22)24(32)26(30)12-2-3-23(26)18-6-4-16(5-7-18)17-8-10-21(29)11-9-17/h4-11,13-15,23H,2-3,12H2,1H3/t23-,26+/m0/s1. The second-order valence-electron chi connectivity index (χ2n) is 8.61. The minimum atomic E-state index is -0.955. The molecule has 33 heavy (non-hydrogen) atoms. The Labute approximate surface area is 201 Å². The molecule has 3 aromatic carbocycles. The van der Waals surface area contributed by atoms with Gasteiger partial charge in [-0.2, -0.15) is 0 Å². The number of hydrogen-bond donors (Lipinski definition) is 0. The van der Waals surface area contributed by atoms with Crippen LogP contribution in [0.25, 0.3) is 11.1 Å². The molecule has 0 aromatic heterocycles. The Morgan fingerprint density at radius 1 is 0.909 bits per heavy atom. The minimum Gasteiger partial charge on any atom is -0.312 e. The summed E-state index contributed by atoms with van der Waals surface area (Å²) < 4.78 is 13.3. The van der Waals surface area contributed by atoms with Crippen molar-refractivity contribution in [3.63, 3.8) is 0 Å². The van der Waals surface area contributed by atoms with E-state index in [9.17, 15) is 14.0 Å². The third-order valence-electron chi connectivity index (χ3n) is 6.87. The summed E-state index contributed by atoms with van der Waals surface area (Å²) in [7, 11) is 1.69. The van der Waals surface area contributed by atoms with Gasteiger partial charge in [0.25, 0.3) is 5.91 Å². The number of carbonyl (C=O) groups is 2. The molecule has 1 heterocycles. The smallest absolute Gasteiger partial charge is 0.312 e. The van der Waals surface area contributed by atoms with Gasteiger partial charge < -0.3 is 4.90 Å². The maximum Gasteiger partial charge on any atom is 0.332 e. The molecule has 2 aliphatic rings. The Kier molecular flexibility index (Phi) is 5.42. The lowest BCUT2D eigenvalue weighted by atomic mass is 9.80. The number of rotatable bonds is 3. The quantitative estimate of drug-likeness (QED) is 0.380. The van der Waals surface area contributed by atoms with E-state index in [1.165, 1.54) is 17.0 Å². The first-order chi connectivity index (χ1) is 15.8. The Morgan fingerprint density at radius 2 is 1.48 bits per heavy atom. The lowest BCUT2D eigenvalue weighted by Crippen LogP contribution is -2.49. The molecule has 2 fully saturated rings. The first-order valence-electron chi connectivity index (χ1n) is 10.8. The number of carbonyl (C=O) groups excluding carboxylic acids is 2. The fourth-order valence-electron chi connectivity index (χ4n) is 5.28. The fraction of sp³-hybridized carbons (Fsp3) is 0.231. The van der Waals surface area contributed by atoms with Crippen LogP contribution in [0.5, 0.6) is 0 Å². The summed E-state index contributed by atoms with van der Waals surface area (Å²) in [5, 5.41) is 0.724. The Morgan fingerprint density at radius 3 is 2.09 bits per heavy atom. The normalized spacial score (nSPS) is 22.6. The van der Waals surface area contributed by atoms with Crippen LogP contribution in [-0.4, -0.2) is 29.4 Å². The summed E-state index contributed by atoms with van der Waals surface area (Å²) in [4.78, 5) is 29.9. The maximum atomic E-state index is 13.8. The molecule has 3 amide bonds. The van der Waals surface area contributed by atoms with Crippen LogP contribution >= 0.6 is 23.2 Å². The van der Waals surface area contributed by atoms with E-state index in [0.29, 0.717) is 22.2 Å². The van der Waals surface area contributed by atoms with E-state index in [1.807, 2.05) is 24.3 Å². The number of amides is 3. The van der Waals surface area contributed by atoms with Gasteiger partial charge in [-0.3, -0.25) is 4.79 Å². The van der Waals surface area contributed by atoms with E-state index >= 15 is 0 Å². The number of anilines is 1. The van der Waals surface area contributed by atoms with Crippen LogP contribution in [0.4, 0.5) is 14.9 Å². The molecule has 0 unspecified atom stereocenters. The Balaban J connectivity index is 1.50. The number of nitrogens with zero attached hydrogens (tertiary/aromatic N) is 2. The zero-order chi connectivity index (χ0) is 23.3. The molecule has 1 spiro atoms. The van der Waals surface area contributed by atoms with E-state index in [0.717, 1.165) is 29.5 Å². The van der Waals surface area contributed by atoms with Crippen LogP contribution < -0.4 is 4.90 Å². The predicted octanol–water partition coefficient (Wildman–Crippen LogP) is 6.90. The number of hydrogen-bond acceptors (Lipinski definition) is 2. The summed E-state index contributed by atoms with van der Waals surface area (Å²) in [6.45, 7) is 0. The Hall–Kier alpha value is -2.89. The second-order valence-corrected chi connectivity index (χ2v) is 9.48. The van der Waals surface area contributed by atoms with E-state index in [2.05, 4.69) is 0 Å². The summed E-state index contributed by atoms with van der Waals surface area (Å²) in [6, 6.07) is 18.6. The molecule has 5 rings (SSSR count). The van der Waals surface area contributed by atoms with Crippen LogP contribution in [0, 0.1) is 5.82 Å². The highest BCUT2D eigenvalue weighted by Gasteiger charge is 2.62. The fourth-order valence-corrected chi connectivity index (χ4v) is 5.79. The zero-order valence-corrected chi connectivity index (χ0v) is 19.4. The minimum absolute atomic E-state index is 0.138. The van der Waals surface area contributed by atoms with Gasteiger partial charge >= 0.3 is 6.03 Å². The van der Waals surface area contributed by atoms with Crippen molar-refractivity contribution in [1.29, 1.82) is 0 Å². The van der Waals surface area contributed by atoms with Gasteiger partial charge in [-0.1, -0.05) is 59.6 Å². The highest BCUT2D eigenvalue weighted by Crippen LogP contribution is 2.51. The van der Waals surface area contributed by atoms with Crippen molar-refractivity contribution in [3.8, 4) is 11.1 Å². The SMILES string of the molecule is CN1C(=O)N(c2cc(Cl)cc(Cl)c2)C(=O)[C@]12CCC[C@H]2c1ccc(-c2ccc(F)cc2)cc1. The first-order valence-corrected chi connectivity index (χ1v) is 11.5. The highest BCUT2D eigenvalue weighted by molar-refractivity contribution is 6.35. The summed E-state index contributed by atoms with van der Waals surface area (Å²) in [6.07, 6.45) is 2.21. The molecule has 4 nitrogen and oxygen atoms in total. The molecule has 7 heteroatoms. The second kappa shape index (κ2) is 8.15. The van der Waals surface area contributed by atoms with E-state index in [4.69, 9.17) is 23.2 Å². The van der Waals surface area contributed by atoms with Crippen molar-refractivity contribution in [2.45, 2.75) is 30.7 Å². The topological polar surface area (TPSA) is 40.6 Å². The molecule has 1 aliphatic heterocycles. The molecule has 0 bridgehead atoms.